The number of benzene rings is 2. The molecular formula is C17H12N2S. The van der Waals surface area contributed by atoms with Gasteiger partial charge in [-0.2, -0.15) is 0 Å². The number of aryl methyl sites for hydroxylation is 1. The summed E-state index contributed by atoms with van der Waals surface area (Å²) in [5.74, 6) is 0. The quantitative estimate of drug-likeness (QED) is 0.498. The summed E-state index contributed by atoms with van der Waals surface area (Å²) in [5, 5.41) is 2.17. The molecule has 4 aromatic rings. The van der Waals surface area contributed by atoms with E-state index in [0.29, 0.717) is 0 Å². The van der Waals surface area contributed by atoms with Crippen molar-refractivity contribution < 1.29 is 0 Å². The molecule has 2 heterocycles. The Labute approximate surface area is 120 Å². The van der Waals surface area contributed by atoms with Gasteiger partial charge in [-0.1, -0.05) is 30.3 Å². The van der Waals surface area contributed by atoms with Crippen molar-refractivity contribution in [2.75, 3.05) is 0 Å². The molecule has 0 unspecified atom stereocenters. The molecule has 0 saturated carbocycles. The SMILES string of the molecule is Cc1cc2ccccc2nc1-c1nc2ccccc2s1. The van der Waals surface area contributed by atoms with Crippen LogP contribution >= 0.6 is 11.3 Å². The highest BCUT2D eigenvalue weighted by Gasteiger charge is 2.11. The van der Waals surface area contributed by atoms with E-state index in [0.717, 1.165) is 21.7 Å². The second kappa shape index (κ2) is 4.39. The summed E-state index contributed by atoms with van der Waals surface area (Å²) in [6, 6.07) is 18.6. The predicted octanol–water partition coefficient (Wildman–Crippen LogP) is 4.82. The Bertz CT molecular complexity index is 891. The number of pyridine rings is 1. The van der Waals surface area contributed by atoms with E-state index in [1.807, 2.05) is 36.4 Å². The van der Waals surface area contributed by atoms with E-state index in [2.05, 4.69) is 25.1 Å². The predicted molar refractivity (Wildman–Crippen MR) is 85.1 cm³/mol. The lowest BCUT2D eigenvalue weighted by Gasteiger charge is -2.04. The van der Waals surface area contributed by atoms with Gasteiger partial charge in [0.15, 0.2) is 0 Å². The van der Waals surface area contributed by atoms with E-state index < -0.39 is 0 Å². The molecule has 0 fully saturated rings. The summed E-state index contributed by atoms with van der Waals surface area (Å²) >= 11 is 1.70. The average Bonchev–Trinajstić information content (AvgIpc) is 2.90. The van der Waals surface area contributed by atoms with Gasteiger partial charge in [0, 0.05) is 5.39 Å². The first-order valence-corrected chi connectivity index (χ1v) is 7.35. The van der Waals surface area contributed by atoms with Gasteiger partial charge < -0.3 is 0 Å². The fourth-order valence-electron chi connectivity index (χ4n) is 2.41. The van der Waals surface area contributed by atoms with Gasteiger partial charge in [-0.25, -0.2) is 9.97 Å². The molecule has 0 amide bonds. The highest BCUT2D eigenvalue weighted by Crippen LogP contribution is 2.31. The van der Waals surface area contributed by atoms with Gasteiger partial charge in [0.05, 0.1) is 15.7 Å². The maximum atomic E-state index is 4.79. The number of nitrogens with zero attached hydrogens (tertiary/aromatic N) is 2. The second-order valence-corrected chi connectivity index (χ2v) is 5.86. The van der Waals surface area contributed by atoms with Gasteiger partial charge in [0.2, 0.25) is 0 Å². The molecule has 0 aliphatic rings. The standard InChI is InChI=1S/C17H12N2S/c1-11-10-12-6-2-3-7-13(12)18-16(11)17-19-14-8-4-5-9-15(14)20-17/h2-10H,1H3. The van der Waals surface area contributed by atoms with Gasteiger partial charge in [-0.05, 0) is 36.8 Å². The first kappa shape index (κ1) is 11.6. The van der Waals surface area contributed by atoms with Crippen LogP contribution in [0.3, 0.4) is 0 Å². The van der Waals surface area contributed by atoms with Crippen LogP contribution in [0.1, 0.15) is 5.56 Å². The number of hydrogen-bond acceptors (Lipinski definition) is 3. The molecule has 0 saturated heterocycles. The Morgan fingerprint density at radius 1 is 0.850 bits per heavy atom. The van der Waals surface area contributed by atoms with Crippen molar-refractivity contribution in [3.05, 3.63) is 60.2 Å². The minimum absolute atomic E-state index is 0.991. The molecule has 2 aromatic heterocycles. The number of hydrogen-bond donors (Lipinski definition) is 0. The smallest absolute Gasteiger partial charge is 0.143 e. The Morgan fingerprint density at radius 2 is 1.60 bits per heavy atom. The van der Waals surface area contributed by atoms with Gasteiger partial charge in [-0.3, -0.25) is 0 Å². The van der Waals surface area contributed by atoms with Crippen LogP contribution in [0, 0.1) is 6.92 Å². The van der Waals surface area contributed by atoms with Crippen molar-refractivity contribution in [3.8, 4) is 10.7 Å². The van der Waals surface area contributed by atoms with Crippen molar-refractivity contribution in [2.45, 2.75) is 6.92 Å². The van der Waals surface area contributed by atoms with Crippen molar-refractivity contribution in [2.24, 2.45) is 0 Å². The van der Waals surface area contributed by atoms with Crippen molar-refractivity contribution in [1.29, 1.82) is 0 Å². The summed E-state index contributed by atoms with van der Waals surface area (Å²) in [6.07, 6.45) is 0. The molecule has 2 nitrogen and oxygen atoms in total. The van der Waals surface area contributed by atoms with Crippen LogP contribution in [0.4, 0.5) is 0 Å². The Hall–Kier alpha value is -2.26. The van der Waals surface area contributed by atoms with Gasteiger partial charge in [0.1, 0.15) is 10.7 Å². The number of para-hydroxylation sites is 2. The molecule has 0 aliphatic heterocycles. The number of aromatic nitrogens is 2. The normalized spacial score (nSPS) is 11.2. The van der Waals surface area contributed by atoms with Gasteiger partial charge in [0.25, 0.3) is 0 Å². The third-order valence-corrected chi connectivity index (χ3v) is 4.45. The maximum absolute atomic E-state index is 4.79. The Kier molecular flexibility index (Phi) is 2.54. The van der Waals surface area contributed by atoms with E-state index in [1.165, 1.54) is 15.6 Å². The highest BCUT2D eigenvalue weighted by molar-refractivity contribution is 7.21. The third-order valence-electron chi connectivity index (χ3n) is 3.41. The highest BCUT2D eigenvalue weighted by atomic mass is 32.1. The van der Waals surface area contributed by atoms with Crippen molar-refractivity contribution >= 4 is 32.5 Å². The van der Waals surface area contributed by atoms with Gasteiger partial charge >= 0.3 is 0 Å². The minimum Gasteiger partial charge on any atom is -0.245 e. The maximum Gasteiger partial charge on any atom is 0.143 e. The van der Waals surface area contributed by atoms with E-state index >= 15 is 0 Å². The number of rotatable bonds is 1. The molecule has 3 heteroatoms. The third kappa shape index (κ3) is 1.79. The van der Waals surface area contributed by atoms with E-state index in [9.17, 15) is 0 Å². The van der Waals surface area contributed by atoms with Crippen LogP contribution in [0.15, 0.2) is 54.6 Å². The molecule has 0 N–H and O–H groups in total. The first-order chi connectivity index (χ1) is 9.81. The molecule has 0 atom stereocenters. The molecule has 0 bridgehead atoms. The molecule has 20 heavy (non-hydrogen) atoms. The van der Waals surface area contributed by atoms with Crippen LogP contribution in [0.25, 0.3) is 31.8 Å². The molecule has 2 aromatic carbocycles. The van der Waals surface area contributed by atoms with Gasteiger partial charge in [-0.15, -0.1) is 11.3 Å². The summed E-state index contributed by atoms with van der Waals surface area (Å²) in [5.41, 5.74) is 4.22. The lowest BCUT2D eigenvalue weighted by Crippen LogP contribution is -1.89. The summed E-state index contributed by atoms with van der Waals surface area (Å²) in [4.78, 5) is 9.49. The second-order valence-electron chi connectivity index (χ2n) is 4.83. The minimum atomic E-state index is 0.991. The van der Waals surface area contributed by atoms with E-state index in [4.69, 9.17) is 9.97 Å². The van der Waals surface area contributed by atoms with Crippen LogP contribution < -0.4 is 0 Å². The van der Waals surface area contributed by atoms with E-state index in [1.54, 1.807) is 11.3 Å². The van der Waals surface area contributed by atoms with Crippen molar-refractivity contribution in [3.63, 3.8) is 0 Å². The summed E-state index contributed by atoms with van der Waals surface area (Å²) < 4.78 is 1.21. The summed E-state index contributed by atoms with van der Waals surface area (Å²) in [7, 11) is 0. The molecule has 0 spiro atoms. The Morgan fingerprint density at radius 3 is 2.45 bits per heavy atom. The first-order valence-electron chi connectivity index (χ1n) is 6.53. The zero-order valence-electron chi connectivity index (χ0n) is 11.0. The number of fused-ring (bicyclic) bond motifs is 2. The molecule has 0 aliphatic carbocycles. The van der Waals surface area contributed by atoms with Crippen LogP contribution in [-0.4, -0.2) is 9.97 Å². The fraction of sp³-hybridized carbons (Fsp3) is 0.0588. The topological polar surface area (TPSA) is 25.8 Å². The number of thiazole rings is 1. The largest absolute Gasteiger partial charge is 0.245 e. The molecule has 96 valence electrons. The molecular weight excluding hydrogens is 264 g/mol. The van der Waals surface area contributed by atoms with Crippen LogP contribution in [-0.2, 0) is 0 Å². The van der Waals surface area contributed by atoms with Crippen LogP contribution in [0.2, 0.25) is 0 Å². The summed E-state index contributed by atoms with van der Waals surface area (Å²) in [6.45, 7) is 2.10. The van der Waals surface area contributed by atoms with Crippen molar-refractivity contribution in [1.82, 2.24) is 9.97 Å². The van der Waals surface area contributed by atoms with E-state index in [-0.39, 0.29) is 0 Å². The Balaban J connectivity index is 1.98. The zero-order valence-corrected chi connectivity index (χ0v) is 11.8. The lowest BCUT2D eigenvalue weighted by molar-refractivity contribution is 1.31. The fourth-order valence-corrected chi connectivity index (χ4v) is 3.43. The average molecular weight is 276 g/mol. The van der Waals surface area contributed by atoms with Crippen LogP contribution in [0.5, 0.6) is 0 Å². The lowest BCUT2D eigenvalue weighted by atomic mass is 10.1. The zero-order chi connectivity index (χ0) is 13.5. The monoisotopic (exact) mass is 276 g/mol. The molecule has 4 rings (SSSR count). The molecule has 0 radical (unpaired) electrons.